The Labute approximate surface area is 138 Å². The summed E-state index contributed by atoms with van der Waals surface area (Å²) in [5.74, 6) is 0. The number of aromatic nitrogens is 3. The third kappa shape index (κ3) is 3.81. The zero-order valence-corrected chi connectivity index (χ0v) is 13.5. The van der Waals surface area contributed by atoms with E-state index in [1.807, 2.05) is 47.2 Å². The molecule has 0 atom stereocenters. The van der Waals surface area contributed by atoms with Crippen LogP contribution in [0.3, 0.4) is 0 Å². The quantitative estimate of drug-likeness (QED) is 0.707. The summed E-state index contributed by atoms with van der Waals surface area (Å²) >= 11 is 1.67. The summed E-state index contributed by atoms with van der Waals surface area (Å²) < 4.78 is 1.92. The zero-order chi connectivity index (χ0) is 16.1. The molecule has 118 valence electrons. The molecular formula is C16H17N5OS. The molecule has 3 aromatic rings. The molecular weight excluding hydrogens is 310 g/mol. The Hall–Kier alpha value is -2.54. The van der Waals surface area contributed by atoms with Crippen LogP contribution in [0.25, 0.3) is 11.2 Å². The Morgan fingerprint density at radius 1 is 1.22 bits per heavy atom. The third-order valence-electron chi connectivity index (χ3n) is 3.36. The Kier molecular flexibility index (Phi) is 4.77. The second-order valence-corrected chi connectivity index (χ2v) is 5.77. The van der Waals surface area contributed by atoms with Crippen LogP contribution in [0.5, 0.6) is 0 Å². The van der Waals surface area contributed by atoms with Crippen molar-refractivity contribution < 1.29 is 4.79 Å². The number of benzene rings is 1. The van der Waals surface area contributed by atoms with E-state index in [0.717, 1.165) is 21.7 Å². The second-order valence-electron chi connectivity index (χ2n) is 4.89. The van der Waals surface area contributed by atoms with E-state index in [0.29, 0.717) is 13.1 Å². The topological polar surface area (TPSA) is 71.8 Å². The smallest absolute Gasteiger partial charge is 0.319 e. The SMILES string of the molecule is CSc1ccc(NC(=O)NCCn2cnc3cccnc32)cc1. The number of hydrogen-bond acceptors (Lipinski definition) is 4. The van der Waals surface area contributed by atoms with Gasteiger partial charge < -0.3 is 15.2 Å². The standard InChI is InChI=1S/C16H17N5OS/c1-23-13-6-4-12(5-7-13)20-16(22)18-9-10-21-11-19-14-3-2-8-17-15(14)21/h2-8,11H,9-10H2,1H3,(H2,18,20,22). The van der Waals surface area contributed by atoms with E-state index in [-0.39, 0.29) is 6.03 Å². The molecule has 3 rings (SSSR count). The number of amides is 2. The normalized spacial score (nSPS) is 10.7. The summed E-state index contributed by atoms with van der Waals surface area (Å²) in [6.07, 6.45) is 5.49. The molecule has 0 aliphatic rings. The highest BCUT2D eigenvalue weighted by atomic mass is 32.2. The molecule has 0 unspecified atom stereocenters. The molecule has 2 aromatic heterocycles. The lowest BCUT2D eigenvalue weighted by molar-refractivity contribution is 0.251. The fourth-order valence-corrected chi connectivity index (χ4v) is 2.61. The summed E-state index contributed by atoms with van der Waals surface area (Å²) in [6.45, 7) is 1.11. The van der Waals surface area contributed by atoms with Gasteiger partial charge in [-0.25, -0.2) is 14.8 Å². The molecule has 0 radical (unpaired) electrons. The summed E-state index contributed by atoms with van der Waals surface area (Å²) in [4.78, 5) is 21.6. The van der Waals surface area contributed by atoms with Crippen molar-refractivity contribution in [2.24, 2.45) is 0 Å². The molecule has 0 saturated carbocycles. The highest BCUT2D eigenvalue weighted by Crippen LogP contribution is 2.17. The number of anilines is 1. The maximum Gasteiger partial charge on any atom is 0.319 e. The number of fused-ring (bicyclic) bond motifs is 1. The van der Waals surface area contributed by atoms with Crippen molar-refractivity contribution in [3.8, 4) is 0 Å². The summed E-state index contributed by atoms with van der Waals surface area (Å²) in [7, 11) is 0. The van der Waals surface area contributed by atoms with E-state index in [2.05, 4.69) is 20.6 Å². The van der Waals surface area contributed by atoms with Crippen LogP contribution in [-0.2, 0) is 6.54 Å². The van der Waals surface area contributed by atoms with E-state index in [4.69, 9.17) is 0 Å². The van der Waals surface area contributed by atoms with Gasteiger partial charge in [0, 0.05) is 29.9 Å². The molecule has 23 heavy (non-hydrogen) atoms. The average Bonchev–Trinajstić information content (AvgIpc) is 2.99. The molecule has 2 amide bonds. The first kappa shape index (κ1) is 15.4. The molecule has 2 N–H and O–H groups in total. The minimum absolute atomic E-state index is 0.223. The van der Waals surface area contributed by atoms with Crippen molar-refractivity contribution >= 4 is 34.6 Å². The number of nitrogens with one attached hydrogen (secondary N) is 2. The number of imidazole rings is 1. The molecule has 0 saturated heterocycles. The van der Waals surface area contributed by atoms with Crippen LogP contribution < -0.4 is 10.6 Å². The maximum absolute atomic E-state index is 11.9. The van der Waals surface area contributed by atoms with Crippen molar-refractivity contribution in [3.05, 3.63) is 48.9 Å². The highest BCUT2D eigenvalue weighted by molar-refractivity contribution is 7.98. The minimum Gasteiger partial charge on any atom is -0.336 e. The summed E-state index contributed by atoms with van der Waals surface area (Å²) in [5.41, 5.74) is 2.45. The number of rotatable bonds is 5. The van der Waals surface area contributed by atoms with E-state index >= 15 is 0 Å². The number of nitrogens with zero attached hydrogens (tertiary/aromatic N) is 3. The van der Waals surface area contributed by atoms with E-state index in [1.54, 1.807) is 24.3 Å². The molecule has 6 nitrogen and oxygen atoms in total. The fourth-order valence-electron chi connectivity index (χ4n) is 2.20. The largest absolute Gasteiger partial charge is 0.336 e. The Morgan fingerprint density at radius 2 is 2.04 bits per heavy atom. The van der Waals surface area contributed by atoms with Gasteiger partial charge in [0.1, 0.15) is 5.52 Å². The molecule has 0 spiro atoms. The number of pyridine rings is 1. The first-order chi connectivity index (χ1) is 11.3. The van der Waals surface area contributed by atoms with Gasteiger partial charge in [0.25, 0.3) is 0 Å². The molecule has 0 bridgehead atoms. The van der Waals surface area contributed by atoms with Gasteiger partial charge in [-0.2, -0.15) is 0 Å². The van der Waals surface area contributed by atoms with Gasteiger partial charge in [0.2, 0.25) is 0 Å². The van der Waals surface area contributed by atoms with Crippen molar-refractivity contribution in [1.82, 2.24) is 19.9 Å². The van der Waals surface area contributed by atoms with E-state index in [9.17, 15) is 4.79 Å². The molecule has 1 aromatic carbocycles. The third-order valence-corrected chi connectivity index (χ3v) is 4.10. The van der Waals surface area contributed by atoms with Gasteiger partial charge in [0.15, 0.2) is 5.65 Å². The van der Waals surface area contributed by atoms with Gasteiger partial charge in [-0.05, 0) is 42.7 Å². The number of carbonyl (C=O) groups excluding carboxylic acids is 1. The number of thioether (sulfide) groups is 1. The molecule has 0 aliphatic heterocycles. The van der Waals surface area contributed by atoms with Crippen LogP contribution in [0.2, 0.25) is 0 Å². The molecule has 7 heteroatoms. The summed E-state index contributed by atoms with van der Waals surface area (Å²) in [5, 5.41) is 5.64. The van der Waals surface area contributed by atoms with Gasteiger partial charge in [-0.15, -0.1) is 11.8 Å². The zero-order valence-electron chi connectivity index (χ0n) is 12.7. The lowest BCUT2D eigenvalue weighted by atomic mass is 10.3. The monoisotopic (exact) mass is 327 g/mol. The van der Waals surface area contributed by atoms with Gasteiger partial charge >= 0.3 is 6.03 Å². The lowest BCUT2D eigenvalue weighted by Crippen LogP contribution is -2.31. The van der Waals surface area contributed by atoms with Gasteiger partial charge in [0.05, 0.1) is 6.33 Å². The van der Waals surface area contributed by atoms with Crippen LogP contribution >= 0.6 is 11.8 Å². The first-order valence-corrected chi connectivity index (χ1v) is 8.43. The van der Waals surface area contributed by atoms with Crippen LogP contribution in [-0.4, -0.2) is 33.4 Å². The van der Waals surface area contributed by atoms with Gasteiger partial charge in [-0.3, -0.25) is 0 Å². The molecule has 0 aliphatic carbocycles. The number of urea groups is 1. The fraction of sp³-hybridized carbons (Fsp3) is 0.188. The lowest BCUT2D eigenvalue weighted by Gasteiger charge is -2.08. The van der Waals surface area contributed by atoms with Gasteiger partial charge in [-0.1, -0.05) is 0 Å². The van der Waals surface area contributed by atoms with Crippen LogP contribution in [0.1, 0.15) is 0 Å². The summed E-state index contributed by atoms with van der Waals surface area (Å²) in [6, 6.07) is 11.3. The van der Waals surface area contributed by atoms with E-state index in [1.165, 1.54) is 0 Å². The predicted octanol–water partition coefficient (Wildman–Crippen LogP) is 2.97. The van der Waals surface area contributed by atoms with Crippen molar-refractivity contribution in [2.75, 3.05) is 18.1 Å². The Bertz CT molecular complexity index is 800. The maximum atomic E-state index is 11.9. The Balaban J connectivity index is 1.51. The van der Waals surface area contributed by atoms with E-state index < -0.39 is 0 Å². The predicted molar refractivity (Wildman–Crippen MR) is 92.8 cm³/mol. The molecule has 2 heterocycles. The number of carbonyl (C=O) groups is 1. The van der Waals surface area contributed by atoms with Crippen LogP contribution in [0.15, 0.2) is 53.8 Å². The second kappa shape index (κ2) is 7.15. The Morgan fingerprint density at radius 3 is 2.83 bits per heavy atom. The number of hydrogen-bond donors (Lipinski definition) is 2. The first-order valence-electron chi connectivity index (χ1n) is 7.21. The highest BCUT2D eigenvalue weighted by Gasteiger charge is 2.04. The van der Waals surface area contributed by atoms with Crippen molar-refractivity contribution in [2.45, 2.75) is 11.4 Å². The molecule has 0 fully saturated rings. The average molecular weight is 327 g/mol. The van der Waals surface area contributed by atoms with Crippen LogP contribution in [0, 0.1) is 0 Å². The van der Waals surface area contributed by atoms with Crippen LogP contribution in [0.4, 0.5) is 10.5 Å². The van der Waals surface area contributed by atoms with Crippen molar-refractivity contribution in [1.29, 1.82) is 0 Å². The van der Waals surface area contributed by atoms with Crippen molar-refractivity contribution in [3.63, 3.8) is 0 Å². The minimum atomic E-state index is -0.223.